The van der Waals surface area contributed by atoms with Gasteiger partial charge in [-0.05, 0) is 6.92 Å². The van der Waals surface area contributed by atoms with Crippen LogP contribution in [-0.2, 0) is 14.3 Å². The SMILES string of the molecule is CC(=O)N1CCN(C(=O)COC(=O)c2cnc(C)cn2)CC1. The molecule has 0 unspecified atom stereocenters. The fourth-order valence-electron chi connectivity index (χ4n) is 2.06. The van der Waals surface area contributed by atoms with Crippen LogP contribution in [0.2, 0.25) is 0 Å². The Morgan fingerprint density at radius 1 is 1.09 bits per heavy atom. The molecule has 2 amide bonds. The molecule has 0 atom stereocenters. The van der Waals surface area contributed by atoms with Crippen molar-refractivity contribution in [1.82, 2.24) is 19.8 Å². The van der Waals surface area contributed by atoms with Crippen LogP contribution in [0.5, 0.6) is 0 Å². The van der Waals surface area contributed by atoms with Crippen molar-refractivity contribution in [2.75, 3.05) is 32.8 Å². The van der Waals surface area contributed by atoms with Gasteiger partial charge in [0.05, 0.1) is 11.9 Å². The summed E-state index contributed by atoms with van der Waals surface area (Å²) in [7, 11) is 0. The average molecular weight is 306 g/mol. The standard InChI is InChI=1S/C14H18N4O4/c1-10-7-16-12(8-15-10)14(21)22-9-13(20)18-5-3-17(4-6-18)11(2)19/h7-8H,3-6,9H2,1-2H3. The lowest BCUT2D eigenvalue weighted by Gasteiger charge is -2.34. The largest absolute Gasteiger partial charge is 0.451 e. The molecule has 1 aliphatic heterocycles. The van der Waals surface area contributed by atoms with Gasteiger partial charge in [-0.25, -0.2) is 9.78 Å². The van der Waals surface area contributed by atoms with E-state index in [1.165, 1.54) is 19.3 Å². The molecule has 1 aliphatic rings. The third-order valence-corrected chi connectivity index (χ3v) is 3.39. The van der Waals surface area contributed by atoms with E-state index in [1.54, 1.807) is 16.7 Å². The number of aryl methyl sites for hydroxylation is 1. The summed E-state index contributed by atoms with van der Waals surface area (Å²) in [5.74, 6) is -0.962. The second kappa shape index (κ2) is 6.97. The lowest BCUT2D eigenvalue weighted by atomic mass is 10.3. The molecule has 0 bridgehead atoms. The number of rotatable bonds is 3. The molecule has 1 aromatic rings. The van der Waals surface area contributed by atoms with Gasteiger partial charge in [-0.3, -0.25) is 14.6 Å². The number of esters is 1. The molecule has 8 heteroatoms. The summed E-state index contributed by atoms with van der Waals surface area (Å²) in [6.45, 7) is 4.81. The zero-order chi connectivity index (χ0) is 16.1. The van der Waals surface area contributed by atoms with Gasteiger partial charge in [0.2, 0.25) is 5.91 Å². The zero-order valence-electron chi connectivity index (χ0n) is 12.6. The lowest BCUT2D eigenvalue weighted by Crippen LogP contribution is -2.51. The Morgan fingerprint density at radius 2 is 1.73 bits per heavy atom. The van der Waals surface area contributed by atoms with Crippen molar-refractivity contribution in [3.05, 3.63) is 23.8 Å². The van der Waals surface area contributed by atoms with Gasteiger partial charge in [-0.2, -0.15) is 0 Å². The minimum Gasteiger partial charge on any atom is -0.451 e. The topological polar surface area (TPSA) is 92.7 Å². The highest BCUT2D eigenvalue weighted by Gasteiger charge is 2.23. The number of hydrogen-bond donors (Lipinski definition) is 0. The maximum absolute atomic E-state index is 12.0. The lowest BCUT2D eigenvalue weighted by molar-refractivity contribution is -0.140. The Bertz CT molecular complexity index is 565. The Morgan fingerprint density at radius 3 is 2.27 bits per heavy atom. The second-order valence-electron chi connectivity index (χ2n) is 5.01. The Labute approximate surface area is 128 Å². The molecule has 2 heterocycles. The molecule has 8 nitrogen and oxygen atoms in total. The first-order chi connectivity index (χ1) is 10.5. The predicted octanol–water partition coefficient (Wildman–Crippen LogP) is -0.367. The van der Waals surface area contributed by atoms with Crippen LogP contribution in [0, 0.1) is 6.92 Å². The van der Waals surface area contributed by atoms with Crippen LogP contribution in [0.1, 0.15) is 23.1 Å². The van der Waals surface area contributed by atoms with E-state index in [4.69, 9.17) is 4.74 Å². The van der Waals surface area contributed by atoms with Crippen LogP contribution in [0.15, 0.2) is 12.4 Å². The summed E-state index contributed by atoms with van der Waals surface area (Å²) in [5.41, 5.74) is 0.760. The molecule has 0 radical (unpaired) electrons. The van der Waals surface area contributed by atoms with Gasteiger partial charge in [0.25, 0.3) is 5.91 Å². The second-order valence-corrected chi connectivity index (χ2v) is 5.01. The first kappa shape index (κ1) is 15.9. The van der Waals surface area contributed by atoms with Gasteiger partial charge in [-0.15, -0.1) is 0 Å². The van der Waals surface area contributed by atoms with Crippen molar-refractivity contribution < 1.29 is 19.1 Å². The van der Waals surface area contributed by atoms with Gasteiger partial charge in [0.1, 0.15) is 0 Å². The smallest absolute Gasteiger partial charge is 0.359 e. The number of amides is 2. The number of piperazine rings is 1. The van der Waals surface area contributed by atoms with Gasteiger partial charge in [0.15, 0.2) is 12.3 Å². The maximum atomic E-state index is 12.0. The van der Waals surface area contributed by atoms with Crippen LogP contribution >= 0.6 is 0 Å². The molecule has 0 saturated carbocycles. The molecule has 0 N–H and O–H groups in total. The van der Waals surface area contributed by atoms with Crippen LogP contribution in [-0.4, -0.2) is 70.3 Å². The Kier molecular flexibility index (Phi) is 5.03. The van der Waals surface area contributed by atoms with E-state index in [9.17, 15) is 14.4 Å². The molecular formula is C14H18N4O4. The molecule has 1 saturated heterocycles. The first-order valence-electron chi connectivity index (χ1n) is 6.96. The number of carbonyl (C=O) groups excluding carboxylic acids is 3. The highest BCUT2D eigenvalue weighted by Crippen LogP contribution is 2.04. The van der Waals surface area contributed by atoms with Crippen LogP contribution in [0.25, 0.3) is 0 Å². The van der Waals surface area contributed by atoms with E-state index in [1.807, 2.05) is 0 Å². The van der Waals surface area contributed by atoms with Gasteiger partial charge >= 0.3 is 5.97 Å². The summed E-state index contributed by atoms with van der Waals surface area (Å²) < 4.78 is 4.94. The van der Waals surface area contributed by atoms with E-state index in [-0.39, 0.29) is 24.1 Å². The fourth-order valence-corrected chi connectivity index (χ4v) is 2.06. The third kappa shape index (κ3) is 4.00. The van der Waals surface area contributed by atoms with E-state index < -0.39 is 5.97 Å². The van der Waals surface area contributed by atoms with E-state index in [0.29, 0.717) is 31.9 Å². The Hall–Kier alpha value is -2.51. The number of nitrogens with zero attached hydrogens (tertiary/aromatic N) is 4. The molecule has 0 aromatic carbocycles. The van der Waals surface area contributed by atoms with Gasteiger partial charge in [-0.1, -0.05) is 0 Å². The van der Waals surface area contributed by atoms with E-state index in [2.05, 4.69) is 9.97 Å². The van der Waals surface area contributed by atoms with Crippen molar-refractivity contribution in [2.45, 2.75) is 13.8 Å². The third-order valence-electron chi connectivity index (χ3n) is 3.39. The van der Waals surface area contributed by atoms with E-state index >= 15 is 0 Å². The molecule has 0 spiro atoms. The normalized spacial score (nSPS) is 14.6. The Balaban J connectivity index is 1.79. The average Bonchev–Trinajstić information content (AvgIpc) is 2.53. The molecular weight excluding hydrogens is 288 g/mol. The summed E-state index contributed by atoms with van der Waals surface area (Å²) >= 11 is 0. The number of hydrogen-bond acceptors (Lipinski definition) is 6. The fraction of sp³-hybridized carbons (Fsp3) is 0.500. The van der Waals surface area contributed by atoms with Crippen LogP contribution in [0.3, 0.4) is 0 Å². The van der Waals surface area contributed by atoms with E-state index in [0.717, 1.165) is 0 Å². The molecule has 0 aliphatic carbocycles. The molecule has 1 fully saturated rings. The van der Waals surface area contributed by atoms with Crippen molar-refractivity contribution >= 4 is 17.8 Å². The minimum absolute atomic E-state index is 0.00327. The number of aromatic nitrogens is 2. The summed E-state index contributed by atoms with van der Waals surface area (Å²) in [6, 6.07) is 0. The van der Waals surface area contributed by atoms with Gasteiger partial charge in [0, 0.05) is 39.3 Å². The predicted molar refractivity (Wildman–Crippen MR) is 75.9 cm³/mol. The summed E-state index contributed by atoms with van der Waals surface area (Å²) in [5, 5.41) is 0. The highest BCUT2D eigenvalue weighted by molar-refractivity contribution is 5.89. The molecule has 1 aromatic heterocycles. The zero-order valence-corrected chi connectivity index (χ0v) is 12.6. The van der Waals surface area contributed by atoms with Crippen molar-refractivity contribution in [3.8, 4) is 0 Å². The number of carbonyl (C=O) groups is 3. The summed E-state index contributed by atoms with van der Waals surface area (Å²) in [4.78, 5) is 46.0. The van der Waals surface area contributed by atoms with Crippen molar-refractivity contribution in [2.24, 2.45) is 0 Å². The monoisotopic (exact) mass is 306 g/mol. The van der Waals surface area contributed by atoms with Crippen molar-refractivity contribution in [3.63, 3.8) is 0 Å². The first-order valence-corrected chi connectivity index (χ1v) is 6.96. The van der Waals surface area contributed by atoms with Gasteiger partial charge < -0.3 is 14.5 Å². The van der Waals surface area contributed by atoms with Crippen LogP contribution in [0.4, 0.5) is 0 Å². The maximum Gasteiger partial charge on any atom is 0.359 e. The molecule has 2 rings (SSSR count). The summed E-state index contributed by atoms with van der Waals surface area (Å²) in [6.07, 6.45) is 2.77. The highest BCUT2D eigenvalue weighted by atomic mass is 16.5. The quantitative estimate of drug-likeness (QED) is 0.708. The molecule has 118 valence electrons. The van der Waals surface area contributed by atoms with Crippen LogP contribution < -0.4 is 0 Å². The minimum atomic E-state index is -0.678. The number of ether oxygens (including phenoxy) is 1. The molecule has 22 heavy (non-hydrogen) atoms. The van der Waals surface area contributed by atoms with Crippen molar-refractivity contribution in [1.29, 1.82) is 0 Å².